The number of carbonyl (C=O) groups excluding carboxylic acids is 1. The molecular weight excluding hydrogens is 487 g/mol. The number of ketones is 1. The number of hydrogen-bond donors (Lipinski definition) is 0. The van der Waals surface area contributed by atoms with E-state index in [9.17, 15) is 4.79 Å². The van der Waals surface area contributed by atoms with Gasteiger partial charge in [0, 0.05) is 11.1 Å². The summed E-state index contributed by atoms with van der Waals surface area (Å²) in [4.78, 5) is 13.1. The second kappa shape index (κ2) is 9.54. The summed E-state index contributed by atoms with van der Waals surface area (Å²) < 4.78 is 9.86. The van der Waals surface area contributed by atoms with Crippen LogP contribution >= 0.6 is 23.2 Å². The minimum Gasteiger partial charge on any atom is -1.00 e. The van der Waals surface area contributed by atoms with Crippen LogP contribution in [0.3, 0.4) is 0 Å². The zero-order valence-corrected chi connectivity index (χ0v) is 20.0. The molecule has 3 aromatic rings. The molecule has 0 radical (unpaired) electrons. The van der Waals surface area contributed by atoms with Crippen molar-refractivity contribution >= 4 is 29.0 Å². The molecule has 1 unspecified atom stereocenters. The third-order valence-electron chi connectivity index (χ3n) is 5.41. The molecule has 1 atom stereocenters. The van der Waals surface area contributed by atoms with Crippen LogP contribution in [0.15, 0.2) is 48.7 Å². The predicted molar refractivity (Wildman–Crippen MR) is 115 cm³/mol. The summed E-state index contributed by atoms with van der Waals surface area (Å²) in [6.45, 7) is 5.43. The number of Topliss-reactive ketones (excluding diaryl/α,β-unsaturated/α-hetero) is 1. The van der Waals surface area contributed by atoms with Crippen molar-refractivity contribution in [1.82, 2.24) is 4.57 Å². The average molecular weight is 510 g/mol. The van der Waals surface area contributed by atoms with Gasteiger partial charge in [0.15, 0.2) is 11.7 Å². The van der Waals surface area contributed by atoms with E-state index in [0.717, 1.165) is 42.2 Å². The smallest absolute Gasteiger partial charge is 0.257 e. The highest BCUT2D eigenvalue weighted by atomic mass is 79.9. The fourth-order valence-corrected chi connectivity index (χ4v) is 4.23. The molecule has 30 heavy (non-hydrogen) atoms. The highest BCUT2D eigenvalue weighted by molar-refractivity contribution is 6.42. The molecule has 0 saturated heterocycles. The van der Waals surface area contributed by atoms with Gasteiger partial charge in [-0.25, -0.2) is 9.13 Å². The van der Waals surface area contributed by atoms with Crippen LogP contribution in [0.5, 0.6) is 5.75 Å². The molecule has 0 N–H and O–H groups in total. The van der Waals surface area contributed by atoms with Crippen molar-refractivity contribution in [2.45, 2.75) is 39.3 Å². The van der Waals surface area contributed by atoms with Gasteiger partial charge in [0.2, 0.25) is 5.78 Å². The van der Waals surface area contributed by atoms with E-state index in [-0.39, 0.29) is 28.8 Å². The molecule has 2 aromatic carbocycles. The Morgan fingerprint density at radius 2 is 1.90 bits per heavy atom. The van der Waals surface area contributed by atoms with E-state index in [1.165, 1.54) is 0 Å². The molecule has 0 bridgehead atoms. The van der Waals surface area contributed by atoms with Gasteiger partial charge in [-0.3, -0.25) is 4.79 Å². The minimum atomic E-state index is -0.302. The quantitative estimate of drug-likeness (QED) is 0.378. The maximum absolute atomic E-state index is 13.1. The summed E-state index contributed by atoms with van der Waals surface area (Å²) >= 11 is 12.3. The predicted octanol–water partition coefficient (Wildman–Crippen LogP) is 2.54. The van der Waals surface area contributed by atoms with Crippen LogP contribution in [-0.4, -0.2) is 17.0 Å². The molecule has 1 aromatic heterocycles. The summed E-state index contributed by atoms with van der Waals surface area (Å²) in [5.74, 6) is 2.02. The van der Waals surface area contributed by atoms with Crippen molar-refractivity contribution in [2.24, 2.45) is 0 Å². The minimum absolute atomic E-state index is 0. The van der Waals surface area contributed by atoms with Crippen LogP contribution in [0, 0.1) is 0 Å². The molecule has 0 fully saturated rings. The third-order valence-corrected chi connectivity index (χ3v) is 6.14. The van der Waals surface area contributed by atoms with E-state index in [1.807, 2.05) is 56.3 Å². The number of benzene rings is 2. The highest BCUT2D eigenvalue weighted by Crippen LogP contribution is 2.31. The monoisotopic (exact) mass is 508 g/mol. The molecule has 4 rings (SSSR count). The van der Waals surface area contributed by atoms with Crippen LogP contribution in [0.4, 0.5) is 0 Å². The summed E-state index contributed by atoms with van der Waals surface area (Å²) in [5, 5.41) is 1.07. The first kappa shape index (κ1) is 22.9. The van der Waals surface area contributed by atoms with Crippen molar-refractivity contribution in [1.29, 1.82) is 0 Å². The lowest BCUT2D eigenvalue weighted by molar-refractivity contribution is -0.710. The highest BCUT2D eigenvalue weighted by Gasteiger charge is 2.33. The van der Waals surface area contributed by atoms with Gasteiger partial charge in [0.25, 0.3) is 5.82 Å². The third kappa shape index (κ3) is 4.29. The zero-order valence-electron chi connectivity index (χ0n) is 16.9. The number of fused-ring (bicyclic) bond motifs is 1. The average Bonchev–Trinajstić information content (AvgIpc) is 3.33. The van der Waals surface area contributed by atoms with Crippen LogP contribution in [0.25, 0.3) is 11.3 Å². The molecule has 0 saturated carbocycles. The Hall–Kier alpha value is -1.82. The number of imidazole rings is 1. The van der Waals surface area contributed by atoms with Crippen molar-refractivity contribution in [3.8, 4) is 17.0 Å². The Morgan fingerprint density at radius 1 is 1.17 bits per heavy atom. The van der Waals surface area contributed by atoms with Crippen LogP contribution < -0.4 is 26.3 Å². The summed E-state index contributed by atoms with van der Waals surface area (Å²) in [6, 6.07) is 12.7. The molecule has 0 amide bonds. The van der Waals surface area contributed by atoms with E-state index in [2.05, 4.69) is 15.3 Å². The lowest BCUT2D eigenvalue weighted by Gasteiger charge is -2.10. The summed E-state index contributed by atoms with van der Waals surface area (Å²) in [5.41, 5.74) is 2.74. The van der Waals surface area contributed by atoms with Gasteiger partial charge < -0.3 is 21.7 Å². The first-order chi connectivity index (χ1) is 14.0. The molecule has 1 aliphatic rings. The first-order valence-electron chi connectivity index (χ1n) is 9.85. The number of nitrogens with zero attached hydrogens (tertiary/aromatic N) is 2. The lowest BCUT2D eigenvalue weighted by Crippen LogP contribution is -3.00. The molecular formula is C23H23BrCl2N2O2. The fraction of sp³-hybridized carbons (Fsp3) is 0.304. The number of halogens is 3. The van der Waals surface area contributed by atoms with Crippen LogP contribution in [-0.2, 0) is 13.0 Å². The number of carbonyl (C=O) groups is 1. The van der Waals surface area contributed by atoms with Crippen LogP contribution in [0.1, 0.15) is 42.5 Å². The van der Waals surface area contributed by atoms with Gasteiger partial charge in [0.05, 0.1) is 29.6 Å². The molecule has 0 spiro atoms. The molecule has 4 nitrogen and oxygen atoms in total. The molecule has 158 valence electrons. The molecule has 7 heteroatoms. The summed E-state index contributed by atoms with van der Waals surface area (Å²) in [7, 11) is 0. The van der Waals surface area contributed by atoms with Gasteiger partial charge in [-0.1, -0.05) is 23.2 Å². The Morgan fingerprint density at radius 3 is 2.57 bits per heavy atom. The van der Waals surface area contributed by atoms with Gasteiger partial charge >= 0.3 is 0 Å². The van der Waals surface area contributed by atoms with Crippen molar-refractivity contribution < 1.29 is 31.1 Å². The normalized spacial score (nSPS) is 13.5. The second-order valence-electron chi connectivity index (χ2n) is 7.22. The number of hydrogen-bond acceptors (Lipinski definition) is 2. The first-order valence-corrected chi connectivity index (χ1v) is 10.6. The van der Waals surface area contributed by atoms with Crippen molar-refractivity contribution in [3.05, 3.63) is 70.1 Å². The van der Waals surface area contributed by atoms with E-state index in [1.54, 1.807) is 0 Å². The van der Waals surface area contributed by atoms with E-state index in [0.29, 0.717) is 22.2 Å². The maximum Gasteiger partial charge on any atom is 0.257 e. The van der Waals surface area contributed by atoms with Gasteiger partial charge in [-0.05, 0) is 62.7 Å². The number of ether oxygens (including phenoxy) is 1. The van der Waals surface area contributed by atoms with Gasteiger partial charge in [-0.2, -0.15) is 0 Å². The Bertz CT molecular complexity index is 1060. The Balaban J connectivity index is 0.00000256. The van der Waals surface area contributed by atoms with Crippen molar-refractivity contribution in [3.63, 3.8) is 0 Å². The summed E-state index contributed by atoms with van der Waals surface area (Å²) in [6.07, 6.45) is 4.07. The topological polar surface area (TPSA) is 35.1 Å². The number of rotatable bonds is 6. The van der Waals surface area contributed by atoms with Crippen LogP contribution in [0.2, 0.25) is 10.0 Å². The SMILES string of the molecule is CCOc1ccc(C(=O)C(C)[n+]2cc(-c3ccc(Cl)c(Cl)c3)n3c2CCC3)cc1.[Br-]. The van der Waals surface area contributed by atoms with E-state index < -0.39 is 0 Å². The molecule has 2 heterocycles. The van der Waals surface area contributed by atoms with E-state index >= 15 is 0 Å². The largest absolute Gasteiger partial charge is 1.00 e. The Kier molecular flexibility index (Phi) is 7.27. The van der Waals surface area contributed by atoms with Gasteiger partial charge in [-0.15, -0.1) is 0 Å². The second-order valence-corrected chi connectivity index (χ2v) is 8.03. The molecule has 1 aliphatic heterocycles. The fourth-order valence-electron chi connectivity index (χ4n) is 3.93. The standard InChI is InChI=1S/C23H23Cl2N2O2.BrH/c1-3-29-18-9-6-16(7-10-18)23(28)15(2)27-14-21(26-12-4-5-22(26)27)17-8-11-19(24)20(25)13-17;/h6-11,13-15H,3-5,12H2,1-2H3;1H/q+1;/p-1. The number of aromatic nitrogens is 2. The lowest BCUT2D eigenvalue weighted by atomic mass is 10.0. The van der Waals surface area contributed by atoms with Gasteiger partial charge in [0.1, 0.15) is 11.9 Å². The zero-order chi connectivity index (χ0) is 20.5. The maximum atomic E-state index is 13.1. The Labute approximate surface area is 197 Å². The van der Waals surface area contributed by atoms with Crippen molar-refractivity contribution in [2.75, 3.05) is 6.61 Å². The van der Waals surface area contributed by atoms with E-state index in [4.69, 9.17) is 27.9 Å². The molecule has 0 aliphatic carbocycles.